The molecule has 0 radical (unpaired) electrons. The highest BCUT2D eigenvalue weighted by atomic mass is 19.3. The molecule has 214 valence electrons. The molecule has 7 rings (SSSR count). The van der Waals surface area contributed by atoms with E-state index in [-0.39, 0.29) is 23.6 Å². The van der Waals surface area contributed by atoms with Crippen LogP contribution in [0.4, 0.5) is 31.9 Å². The molecule has 40 heavy (non-hydrogen) atoms. The number of piperidine rings is 3. The molecule has 3 saturated heterocycles. The molecular formula is C28H35F2N7O3. The Morgan fingerprint density at radius 3 is 2.52 bits per heavy atom. The minimum atomic E-state index is -3.55. The van der Waals surface area contributed by atoms with Crippen LogP contribution in [0, 0.1) is 5.92 Å². The number of hydrogen-bond acceptors (Lipinski definition) is 8. The van der Waals surface area contributed by atoms with Crippen LogP contribution < -0.4 is 25.6 Å². The summed E-state index contributed by atoms with van der Waals surface area (Å²) in [6, 6.07) is 3.26. The predicted molar refractivity (Wildman–Crippen MR) is 147 cm³/mol. The third-order valence-corrected chi connectivity index (χ3v) is 9.07. The Balaban J connectivity index is 1.40. The summed E-state index contributed by atoms with van der Waals surface area (Å²) in [5, 5.41) is 3.21. The lowest BCUT2D eigenvalue weighted by Gasteiger charge is -2.45. The van der Waals surface area contributed by atoms with E-state index >= 15 is 0 Å². The van der Waals surface area contributed by atoms with Gasteiger partial charge in [0.2, 0.25) is 11.9 Å². The van der Waals surface area contributed by atoms with Gasteiger partial charge in [0.1, 0.15) is 11.4 Å². The van der Waals surface area contributed by atoms with Crippen LogP contribution >= 0.6 is 0 Å². The van der Waals surface area contributed by atoms with Crippen LogP contribution in [0.5, 0.6) is 5.75 Å². The predicted octanol–water partition coefficient (Wildman–Crippen LogP) is 3.50. The molecule has 2 amide bonds. The molecule has 1 aliphatic carbocycles. The minimum Gasteiger partial charge on any atom is -0.494 e. The van der Waals surface area contributed by atoms with E-state index in [2.05, 4.69) is 20.2 Å². The first-order valence-electron chi connectivity index (χ1n) is 14.0. The molecule has 4 fully saturated rings. The summed E-state index contributed by atoms with van der Waals surface area (Å²) in [5.74, 6) is -3.85. The summed E-state index contributed by atoms with van der Waals surface area (Å²) in [4.78, 5) is 39.1. The fourth-order valence-electron chi connectivity index (χ4n) is 7.02. The average molecular weight is 556 g/mol. The van der Waals surface area contributed by atoms with Crippen molar-refractivity contribution in [2.45, 2.75) is 56.4 Å². The van der Waals surface area contributed by atoms with Crippen molar-refractivity contribution in [1.82, 2.24) is 14.9 Å². The van der Waals surface area contributed by atoms with E-state index in [0.717, 1.165) is 68.6 Å². The van der Waals surface area contributed by atoms with E-state index in [9.17, 15) is 18.4 Å². The summed E-state index contributed by atoms with van der Waals surface area (Å²) in [6.45, 7) is 2.18. The first kappa shape index (κ1) is 26.7. The molecular weight excluding hydrogens is 520 g/mol. The van der Waals surface area contributed by atoms with E-state index in [1.165, 1.54) is 13.2 Å². The smallest absolute Gasteiger partial charge is 0.342 e. The number of fused-ring (bicyclic) bond motifs is 4. The van der Waals surface area contributed by atoms with Crippen molar-refractivity contribution >= 4 is 35.0 Å². The van der Waals surface area contributed by atoms with Crippen molar-refractivity contribution < 1.29 is 23.1 Å². The number of ether oxygens (including phenoxy) is 1. The number of carbonyl (C=O) groups excluding carboxylic acids is 2. The minimum absolute atomic E-state index is 0.0921. The van der Waals surface area contributed by atoms with Gasteiger partial charge >= 0.3 is 5.92 Å². The Bertz CT molecular complexity index is 1330. The first-order chi connectivity index (χ1) is 19.2. The topological polar surface area (TPSA) is 117 Å². The van der Waals surface area contributed by atoms with Gasteiger partial charge in [0.15, 0.2) is 5.82 Å². The Kier molecular flexibility index (Phi) is 6.76. The number of carbonyl (C=O) groups is 2. The van der Waals surface area contributed by atoms with Gasteiger partial charge in [-0.3, -0.25) is 9.59 Å². The number of amides is 2. The van der Waals surface area contributed by atoms with E-state index in [1.54, 1.807) is 24.1 Å². The van der Waals surface area contributed by atoms with Gasteiger partial charge < -0.3 is 30.5 Å². The number of halogens is 2. The summed E-state index contributed by atoms with van der Waals surface area (Å²) >= 11 is 0. The zero-order valence-electron chi connectivity index (χ0n) is 22.8. The molecule has 5 aliphatic rings. The van der Waals surface area contributed by atoms with Gasteiger partial charge in [0.25, 0.3) is 5.91 Å². The van der Waals surface area contributed by atoms with Crippen molar-refractivity contribution in [1.29, 1.82) is 0 Å². The summed E-state index contributed by atoms with van der Waals surface area (Å²) < 4.78 is 35.8. The van der Waals surface area contributed by atoms with Crippen LogP contribution in [0.1, 0.15) is 60.4 Å². The Labute approximate surface area is 231 Å². The summed E-state index contributed by atoms with van der Waals surface area (Å²) in [7, 11) is 2.88. The normalized spacial score (nSPS) is 26.0. The van der Waals surface area contributed by atoms with Crippen molar-refractivity contribution in [3.63, 3.8) is 0 Å². The van der Waals surface area contributed by atoms with Gasteiger partial charge in [-0.2, -0.15) is 13.8 Å². The Morgan fingerprint density at radius 2 is 1.90 bits per heavy atom. The van der Waals surface area contributed by atoms with Crippen LogP contribution in [0.15, 0.2) is 18.3 Å². The molecule has 1 saturated carbocycles. The molecule has 3 N–H and O–H groups in total. The molecule has 0 unspecified atom stereocenters. The number of hydrogen-bond donors (Lipinski definition) is 2. The van der Waals surface area contributed by atoms with Crippen molar-refractivity contribution in [3.8, 4) is 5.75 Å². The largest absolute Gasteiger partial charge is 0.494 e. The highest BCUT2D eigenvalue weighted by Gasteiger charge is 2.49. The molecule has 4 aliphatic heterocycles. The zero-order valence-corrected chi connectivity index (χ0v) is 22.8. The molecule has 10 nitrogen and oxygen atoms in total. The number of anilines is 4. The maximum atomic E-state index is 15.0. The maximum absolute atomic E-state index is 15.0. The number of nitrogens with one attached hydrogen (secondary N) is 1. The lowest BCUT2D eigenvalue weighted by atomic mass is 9.73. The second kappa shape index (κ2) is 10.1. The van der Waals surface area contributed by atoms with Crippen LogP contribution in [-0.4, -0.2) is 79.0 Å². The number of nitrogens with zero attached hydrogens (tertiary/aromatic N) is 5. The molecule has 1 aromatic heterocycles. The van der Waals surface area contributed by atoms with E-state index in [1.807, 2.05) is 0 Å². The third-order valence-electron chi connectivity index (χ3n) is 9.07. The number of aromatic nitrogens is 2. The molecule has 2 bridgehead atoms. The van der Waals surface area contributed by atoms with Crippen molar-refractivity contribution in [2.75, 3.05) is 55.5 Å². The molecule has 2 aromatic rings. The SMILES string of the molecule is COc1c(Nc2ncc3c(n2)N(C2CCCC2)CC(F)(F)C(=O)N3C)ccc(C(N)=O)c1[C@@H]1CN2CCC1CC2. The second-order valence-electron chi connectivity index (χ2n) is 11.4. The molecule has 0 spiro atoms. The molecule has 5 heterocycles. The molecule has 1 aromatic carbocycles. The quantitative estimate of drug-likeness (QED) is 0.557. The summed E-state index contributed by atoms with van der Waals surface area (Å²) in [6.07, 6.45) is 6.89. The lowest BCUT2D eigenvalue weighted by molar-refractivity contribution is -0.140. The number of alkyl halides is 2. The number of primary amides is 1. The fraction of sp³-hybridized carbons (Fsp3) is 0.571. The first-order valence-corrected chi connectivity index (χ1v) is 14.0. The fourth-order valence-corrected chi connectivity index (χ4v) is 7.02. The third kappa shape index (κ3) is 4.51. The monoisotopic (exact) mass is 555 g/mol. The van der Waals surface area contributed by atoms with E-state index in [4.69, 9.17) is 10.5 Å². The highest BCUT2D eigenvalue weighted by Crippen LogP contribution is 2.47. The van der Waals surface area contributed by atoms with Crippen LogP contribution in [0.25, 0.3) is 0 Å². The van der Waals surface area contributed by atoms with E-state index < -0.39 is 24.3 Å². The van der Waals surface area contributed by atoms with Crippen molar-refractivity contribution in [2.24, 2.45) is 11.7 Å². The standard InChI is InChI=1S/C28H35F2N7O3/c1-35-21-13-32-27(34-25(21)37(17-5-3-4-6-17)15-28(29,30)26(35)39)33-20-8-7-18(24(31)38)22(23(20)40-2)19-14-36-11-9-16(19)10-12-36/h7-8,13,16-17,19H,3-6,9-12,14-15H2,1-2H3,(H2,31,38)(H,32,33,34)/t19-/m1/s1. The number of benzene rings is 1. The van der Waals surface area contributed by atoms with Gasteiger partial charge in [-0.15, -0.1) is 0 Å². The van der Waals surface area contributed by atoms with Gasteiger partial charge in [-0.05, 0) is 56.8 Å². The highest BCUT2D eigenvalue weighted by molar-refractivity contribution is 6.02. The van der Waals surface area contributed by atoms with Crippen LogP contribution in [-0.2, 0) is 4.79 Å². The van der Waals surface area contributed by atoms with E-state index in [0.29, 0.717) is 28.7 Å². The Hall–Kier alpha value is -3.54. The van der Waals surface area contributed by atoms with Gasteiger partial charge in [0, 0.05) is 36.7 Å². The average Bonchev–Trinajstić information content (AvgIpc) is 3.48. The second-order valence-corrected chi connectivity index (χ2v) is 11.4. The molecule has 1 atom stereocenters. The van der Waals surface area contributed by atoms with Crippen LogP contribution in [0.3, 0.4) is 0 Å². The molecule has 12 heteroatoms. The van der Waals surface area contributed by atoms with Gasteiger partial charge in [-0.1, -0.05) is 12.8 Å². The Morgan fingerprint density at radius 1 is 1.18 bits per heavy atom. The summed E-state index contributed by atoms with van der Waals surface area (Å²) in [5.41, 5.74) is 7.80. The van der Waals surface area contributed by atoms with Crippen LogP contribution in [0.2, 0.25) is 0 Å². The van der Waals surface area contributed by atoms with Gasteiger partial charge in [0.05, 0.1) is 25.5 Å². The number of methoxy groups -OCH3 is 1. The maximum Gasteiger partial charge on any atom is 0.342 e. The zero-order chi connectivity index (χ0) is 28.2. The van der Waals surface area contributed by atoms with Crippen molar-refractivity contribution in [3.05, 3.63) is 29.5 Å². The number of nitrogens with two attached hydrogens (primary N) is 1. The van der Waals surface area contributed by atoms with Gasteiger partial charge in [-0.25, -0.2) is 4.98 Å². The lowest BCUT2D eigenvalue weighted by Crippen LogP contribution is -2.48. The number of rotatable bonds is 6.